The third-order valence-electron chi connectivity index (χ3n) is 7.06. The summed E-state index contributed by atoms with van der Waals surface area (Å²) in [5.41, 5.74) is 5.48. The second-order valence-electron chi connectivity index (χ2n) is 10.7. The molecule has 0 saturated carbocycles. The van der Waals surface area contributed by atoms with Crippen molar-refractivity contribution in [3.63, 3.8) is 0 Å². The first-order valence-electron chi connectivity index (χ1n) is 13.6. The van der Waals surface area contributed by atoms with Gasteiger partial charge in [-0.15, -0.1) is 0 Å². The van der Waals surface area contributed by atoms with Crippen LogP contribution in [0.5, 0.6) is 0 Å². The highest BCUT2D eigenvalue weighted by atomic mass is 16.5. The van der Waals surface area contributed by atoms with Gasteiger partial charge >= 0.3 is 12.1 Å². The van der Waals surface area contributed by atoms with Crippen molar-refractivity contribution in [3.05, 3.63) is 95.6 Å². The van der Waals surface area contributed by atoms with Crippen molar-refractivity contribution < 1.29 is 24.2 Å². The van der Waals surface area contributed by atoms with Crippen LogP contribution in [0.3, 0.4) is 0 Å². The lowest BCUT2D eigenvalue weighted by Crippen LogP contribution is -2.54. The number of carbonyl (C=O) groups is 3. The van der Waals surface area contributed by atoms with Crippen LogP contribution in [0.1, 0.15) is 42.9 Å². The van der Waals surface area contributed by atoms with Gasteiger partial charge in [-0.05, 0) is 47.2 Å². The second-order valence-corrected chi connectivity index (χ2v) is 10.7. The molecule has 8 nitrogen and oxygen atoms in total. The zero-order valence-corrected chi connectivity index (χ0v) is 23.2. The Morgan fingerprint density at radius 2 is 1.43 bits per heavy atom. The van der Waals surface area contributed by atoms with Crippen LogP contribution in [-0.2, 0) is 20.9 Å². The number of rotatable bonds is 12. The minimum Gasteiger partial charge on any atom is -0.480 e. The maximum atomic E-state index is 13.2. The van der Waals surface area contributed by atoms with E-state index in [1.165, 1.54) is 0 Å². The number of fused-ring (bicyclic) bond motifs is 3. The number of hydrogen-bond donors (Lipinski definition) is 3. The number of hydrogen-bond acceptors (Lipinski definition) is 5. The summed E-state index contributed by atoms with van der Waals surface area (Å²) >= 11 is 0. The topological polar surface area (TPSA) is 108 Å². The van der Waals surface area contributed by atoms with Gasteiger partial charge in [-0.3, -0.25) is 9.69 Å². The standard InChI is InChI=1S/C32H37N3O5/c1-21(2)17-28(30(36)33-29(31(37)38)19-35(3)18-22-11-5-4-6-12-22)34-32(39)40-20-27-25-15-9-7-13-23(25)24-14-8-10-16-26(24)27/h4-16,21,27-29H,17-20H2,1-3H3,(H,33,36)(H,34,39)(H,37,38). The first-order chi connectivity index (χ1) is 19.2. The monoisotopic (exact) mass is 543 g/mol. The van der Waals surface area contributed by atoms with Gasteiger partial charge in [0.05, 0.1) is 0 Å². The number of benzene rings is 3. The molecule has 0 fully saturated rings. The van der Waals surface area contributed by atoms with E-state index in [0.29, 0.717) is 13.0 Å². The van der Waals surface area contributed by atoms with E-state index < -0.39 is 30.1 Å². The van der Waals surface area contributed by atoms with Crippen molar-refractivity contribution in [1.29, 1.82) is 0 Å². The van der Waals surface area contributed by atoms with E-state index in [-0.39, 0.29) is 25.0 Å². The van der Waals surface area contributed by atoms with Crippen LogP contribution in [0.25, 0.3) is 11.1 Å². The van der Waals surface area contributed by atoms with Crippen LogP contribution in [0, 0.1) is 5.92 Å². The third kappa shape index (κ3) is 7.27. The molecule has 0 aromatic heterocycles. The maximum absolute atomic E-state index is 13.2. The van der Waals surface area contributed by atoms with Crippen LogP contribution >= 0.6 is 0 Å². The lowest BCUT2D eigenvalue weighted by molar-refractivity contribution is -0.142. The highest BCUT2D eigenvalue weighted by molar-refractivity contribution is 5.89. The quantitative estimate of drug-likeness (QED) is 0.307. The van der Waals surface area contributed by atoms with E-state index in [1.54, 1.807) is 7.05 Å². The molecule has 2 amide bonds. The molecule has 1 aliphatic rings. The van der Waals surface area contributed by atoms with Crippen LogP contribution in [0.2, 0.25) is 0 Å². The van der Waals surface area contributed by atoms with Gasteiger partial charge in [0.1, 0.15) is 18.7 Å². The Bertz CT molecular complexity index is 1280. The molecule has 210 valence electrons. The lowest BCUT2D eigenvalue weighted by atomic mass is 9.98. The number of carbonyl (C=O) groups excluding carboxylic acids is 2. The first kappa shape index (κ1) is 28.8. The molecule has 3 N–H and O–H groups in total. The summed E-state index contributed by atoms with van der Waals surface area (Å²) < 4.78 is 5.63. The number of likely N-dealkylation sites (N-methyl/N-ethyl adjacent to an activating group) is 1. The van der Waals surface area contributed by atoms with Crippen LogP contribution in [0.15, 0.2) is 78.9 Å². The Kier molecular flexibility index (Phi) is 9.56. The fourth-order valence-corrected chi connectivity index (χ4v) is 5.21. The third-order valence-corrected chi connectivity index (χ3v) is 7.06. The van der Waals surface area contributed by atoms with Crippen LogP contribution in [0.4, 0.5) is 4.79 Å². The second kappa shape index (κ2) is 13.3. The number of alkyl carbamates (subject to hydrolysis) is 1. The summed E-state index contributed by atoms with van der Waals surface area (Å²) in [6.45, 7) is 4.63. The predicted molar refractivity (Wildman–Crippen MR) is 154 cm³/mol. The van der Waals surface area contributed by atoms with Gasteiger partial charge in [0.25, 0.3) is 0 Å². The minimum absolute atomic E-state index is 0.0775. The molecule has 3 aromatic carbocycles. The Balaban J connectivity index is 1.37. The summed E-state index contributed by atoms with van der Waals surface area (Å²) in [4.78, 5) is 39.9. The summed E-state index contributed by atoms with van der Waals surface area (Å²) in [7, 11) is 1.80. The highest BCUT2D eigenvalue weighted by Gasteiger charge is 2.31. The molecule has 2 atom stereocenters. The van der Waals surface area contributed by atoms with Gasteiger partial charge < -0.3 is 20.5 Å². The molecule has 3 aromatic rings. The predicted octanol–water partition coefficient (Wildman–Crippen LogP) is 4.64. The SMILES string of the molecule is CC(C)CC(NC(=O)OCC1c2ccccc2-c2ccccc21)C(=O)NC(CN(C)Cc1ccccc1)C(=O)O. The number of carboxylic acids is 1. The summed E-state index contributed by atoms with van der Waals surface area (Å²) in [6, 6.07) is 23.7. The van der Waals surface area contributed by atoms with Crippen LogP contribution < -0.4 is 10.6 Å². The fraction of sp³-hybridized carbons (Fsp3) is 0.344. The molecule has 0 spiro atoms. The van der Waals surface area contributed by atoms with Gasteiger partial charge in [-0.25, -0.2) is 9.59 Å². The minimum atomic E-state index is -1.14. The number of aliphatic carboxylic acids is 1. The molecular weight excluding hydrogens is 506 g/mol. The van der Waals surface area contributed by atoms with Gasteiger partial charge in [0.2, 0.25) is 5.91 Å². The average Bonchev–Trinajstić information content (AvgIpc) is 3.25. The van der Waals surface area contributed by atoms with E-state index in [4.69, 9.17) is 4.74 Å². The van der Waals surface area contributed by atoms with E-state index in [2.05, 4.69) is 22.8 Å². The van der Waals surface area contributed by atoms with E-state index in [0.717, 1.165) is 27.8 Å². The zero-order chi connectivity index (χ0) is 28.6. The Morgan fingerprint density at radius 3 is 2.00 bits per heavy atom. The fourth-order valence-electron chi connectivity index (χ4n) is 5.21. The number of ether oxygens (including phenoxy) is 1. The van der Waals surface area contributed by atoms with Crippen molar-refractivity contribution in [2.75, 3.05) is 20.2 Å². The molecule has 0 radical (unpaired) electrons. The normalized spacial score (nSPS) is 13.8. The number of nitrogens with zero attached hydrogens (tertiary/aromatic N) is 1. The van der Waals surface area contributed by atoms with E-state index in [1.807, 2.05) is 85.5 Å². The van der Waals surface area contributed by atoms with Crippen molar-refractivity contribution in [2.45, 2.75) is 44.8 Å². The molecule has 40 heavy (non-hydrogen) atoms. The molecule has 8 heteroatoms. The molecule has 0 heterocycles. The first-order valence-corrected chi connectivity index (χ1v) is 13.6. The molecule has 0 bridgehead atoms. The summed E-state index contributed by atoms with van der Waals surface area (Å²) in [5.74, 6) is -1.72. The van der Waals surface area contributed by atoms with Gasteiger partial charge in [-0.2, -0.15) is 0 Å². The molecule has 2 unspecified atom stereocenters. The summed E-state index contributed by atoms with van der Waals surface area (Å²) in [6.07, 6.45) is -0.377. The molecule has 1 aliphatic carbocycles. The Hall–Kier alpha value is -4.17. The highest BCUT2D eigenvalue weighted by Crippen LogP contribution is 2.44. The average molecular weight is 544 g/mol. The molecular formula is C32H37N3O5. The molecule has 0 aliphatic heterocycles. The maximum Gasteiger partial charge on any atom is 0.407 e. The van der Waals surface area contributed by atoms with E-state index >= 15 is 0 Å². The van der Waals surface area contributed by atoms with Gasteiger partial charge in [0, 0.05) is 19.0 Å². The number of carboxylic acid groups (broad SMARTS) is 1. The summed E-state index contributed by atoms with van der Waals surface area (Å²) in [5, 5.41) is 15.1. The largest absolute Gasteiger partial charge is 0.480 e. The van der Waals surface area contributed by atoms with Crippen molar-refractivity contribution in [3.8, 4) is 11.1 Å². The van der Waals surface area contributed by atoms with Crippen molar-refractivity contribution in [1.82, 2.24) is 15.5 Å². The van der Waals surface area contributed by atoms with Crippen LogP contribution in [-0.4, -0.2) is 60.3 Å². The smallest absolute Gasteiger partial charge is 0.407 e. The molecule has 4 rings (SSSR count). The Morgan fingerprint density at radius 1 is 0.850 bits per heavy atom. The van der Waals surface area contributed by atoms with Gasteiger partial charge in [-0.1, -0.05) is 92.7 Å². The molecule has 0 saturated heterocycles. The van der Waals surface area contributed by atoms with Gasteiger partial charge in [0.15, 0.2) is 0 Å². The van der Waals surface area contributed by atoms with Crippen molar-refractivity contribution >= 4 is 18.0 Å². The van der Waals surface area contributed by atoms with E-state index in [9.17, 15) is 19.5 Å². The number of amides is 2. The number of nitrogens with one attached hydrogen (secondary N) is 2. The Labute approximate surface area is 235 Å². The zero-order valence-electron chi connectivity index (χ0n) is 23.2. The van der Waals surface area contributed by atoms with Crippen molar-refractivity contribution in [2.24, 2.45) is 5.92 Å². The lowest BCUT2D eigenvalue weighted by Gasteiger charge is -2.25.